The molecule has 0 aliphatic heterocycles. The van der Waals surface area contributed by atoms with Gasteiger partial charge in [-0.1, -0.05) is 5.16 Å². The van der Waals surface area contributed by atoms with Gasteiger partial charge in [0.1, 0.15) is 5.76 Å². The molecule has 1 aliphatic rings. The number of rotatable bonds is 4. The molecule has 0 saturated heterocycles. The summed E-state index contributed by atoms with van der Waals surface area (Å²) in [6, 6.07) is 4.04. The van der Waals surface area contributed by atoms with E-state index < -0.39 is 0 Å². The van der Waals surface area contributed by atoms with Gasteiger partial charge < -0.3 is 14.5 Å². The third kappa shape index (κ3) is 3.35. The van der Waals surface area contributed by atoms with Gasteiger partial charge in [-0.2, -0.15) is 0 Å². The Kier molecular flexibility index (Phi) is 4.99. The summed E-state index contributed by atoms with van der Waals surface area (Å²) in [4.78, 5) is 14.9. The topological polar surface area (TPSA) is 71.5 Å². The van der Waals surface area contributed by atoms with E-state index in [4.69, 9.17) is 4.52 Å². The molecule has 1 amide bonds. The molecule has 0 spiro atoms. The molecule has 136 valence electrons. The van der Waals surface area contributed by atoms with E-state index in [1.165, 1.54) is 0 Å². The molecule has 3 rings (SSSR count). The van der Waals surface area contributed by atoms with Gasteiger partial charge in [0.05, 0.1) is 5.56 Å². The standard InChI is InChI=1S/C19H27N3O3/c1-12-9-17(14(3)22(12)18-10-13(2)25-20-18)19(24)21(4)16-7-5-15(11-23)6-8-16/h9-10,15-16,23H,5-8,11H2,1-4H3. The minimum Gasteiger partial charge on any atom is -0.396 e. The highest BCUT2D eigenvalue weighted by atomic mass is 16.5. The van der Waals surface area contributed by atoms with Gasteiger partial charge in [-0.3, -0.25) is 9.36 Å². The Morgan fingerprint density at radius 2 is 1.96 bits per heavy atom. The van der Waals surface area contributed by atoms with Gasteiger partial charge in [-0.05, 0) is 58.4 Å². The van der Waals surface area contributed by atoms with Crippen molar-refractivity contribution in [1.82, 2.24) is 14.6 Å². The summed E-state index contributed by atoms with van der Waals surface area (Å²) < 4.78 is 7.13. The van der Waals surface area contributed by atoms with E-state index in [2.05, 4.69) is 5.16 Å². The van der Waals surface area contributed by atoms with Crippen LogP contribution in [-0.4, -0.2) is 45.3 Å². The Morgan fingerprint density at radius 1 is 1.28 bits per heavy atom. The maximum absolute atomic E-state index is 13.0. The van der Waals surface area contributed by atoms with Crippen LogP contribution in [0.2, 0.25) is 0 Å². The Balaban J connectivity index is 1.81. The van der Waals surface area contributed by atoms with Crippen molar-refractivity contribution in [2.45, 2.75) is 52.5 Å². The highest BCUT2D eigenvalue weighted by Gasteiger charge is 2.28. The fourth-order valence-electron chi connectivity index (χ4n) is 3.86. The van der Waals surface area contributed by atoms with Crippen molar-refractivity contribution in [2.24, 2.45) is 5.92 Å². The molecule has 0 radical (unpaired) electrons. The summed E-state index contributed by atoms with van der Waals surface area (Å²) >= 11 is 0. The van der Waals surface area contributed by atoms with Gasteiger partial charge in [0.15, 0.2) is 5.82 Å². The van der Waals surface area contributed by atoms with E-state index in [1.54, 1.807) is 0 Å². The summed E-state index contributed by atoms with van der Waals surface area (Å²) in [5.74, 6) is 1.89. The maximum atomic E-state index is 13.0. The molecular weight excluding hydrogens is 318 g/mol. The molecule has 25 heavy (non-hydrogen) atoms. The van der Waals surface area contributed by atoms with Crippen LogP contribution in [-0.2, 0) is 0 Å². The Morgan fingerprint density at radius 3 is 2.52 bits per heavy atom. The second kappa shape index (κ2) is 7.04. The molecule has 1 N–H and O–H groups in total. The minimum atomic E-state index is 0.0482. The lowest BCUT2D eigenvalue weighted by atomic mass is 9.86. The van der Waals surface area contributed by atoms with Gasteiger partial charge in [0.25, 0.3) is 5.91 Å². The fourth-order valence-corrected chi connectivity index (χ4v) is 3.86. The molecule has 1 aliphatic carbocycles. The van der Waals surface area contributed by atoms with Crippen molar-refractivity contribution in [3.63, 3.8) is 0 Å². The van der Waals surface area contributed by atoms with E-state index in [0.29, 0.717) is 17.3 Å². The number of aromatic nitrogens is 2. The van der Waals surface area contributed by atoms with Crippen LogP contribution in [0.5, 0.6) is 0 Å². The van der Waals surface area contributed by atoms with Crippen molar-refractivity contribution in [3.05, 3.63) is 34.8 Å². The third-order valence-corrected chi connectivity index (χ3v) is 5.45. The van der Waals surface area contributed by atoms with Crippen molar-refractivity contribution >= 4 is 5.91 Å². The highest BCUT2D eigenvalue weighted by molar-refractivity contribution is 5.96. The van der Waals surface area contributed by atoms with Crippen LogP contribution < -0.4 is 0 Å². The second-order valence-corrected chi connectivity index (χ2v) is 7.19. The molecule has 0 bridgehead atoms. The smallest absolute Gasteiger partial charge is 0.255 e. The number of nitrogens with zero attached hydrogens (tertiary/aromatic N) is 3. The molecule has 2 heterocycles. The molecule has 2 aromatic heterocycles. The minimum absolute atomic E-state index is 0.0482. The van der Waals surface area contributed by atoms with Crippen LogP contribution >= 0.6 is 0 Å². The van der Waals surface area contributed by atoms with Crippen LogP contribution in [0.3, 0.4) is 0 Å². The van der Waals surface area contributed by atoms with E-state index in [0.717, 1.165) is 42.8 Å². The van der Waals surface area contributed by atoms with Gasteiger partial charge in [0, 0.05) is 37.2 Å². The number of hydrogen-bond donors (Lipinski definition) is 1. The molecule has 6 heteroatoms. The first kappa shape index (κ1) is 17.7. The summed E-state index contributed by atoms with van der Waals surface area (Å²) in [7, 11) is 1.89. The molecule has 6 nitrogen and oxygen atoms in total. The Labute approximate surface area is 148 Å². The van der Waals surface area contributed by atoms with Crippen molar-refractivity contribution in [3.8, 4) is 5.82 Å². The Bertz CT molecular complexity index is 754. The lowest BCUT2D eigenvalue weighted by Gasteiger charge is -2.34. The SMILES string of the molecule is Cc1cc(-n2c(C)cc(C(=O)N(C)C3CCC(CO)CC3)c2C)no1. The normalized spacial score (nSPS) is 20.7. The van der Waals surface area contributed by atoms with E-state index in [9.17, 15) is 9.90 Å². The average Bonchev–Trinajstić information content (AvgIpc) is 3.16. The molecular formula is C19H27N3O3. The quantitative estimate of drug-likeness (QED) is 0.924. The van der Waals surface area contributed by atoms with Crippen molar-refractivity contribution in [1.29, 1.82) is 0 Å². The molecule has 0 unspecified atom stereocenters. The fraction of sp³-hybridized carbons (Fsp3) is 0.579. The van der Waals surface area contributed by atoms with E-state index >= 15 is 0 Å². The van der Waals surface area contributed by atoms with Gasteiger partial charge >= 0.3 is 0 Å². The zero-order chi connectivity index (χ0) is 18.1. The number of carbonyl (C=O) groups excluding carboxylic acids is 1. The molecule has 1 saturated carbocycles. The first-order valence-corrected chi connectivity index (χ1v) is 8.93. The van der Waals surface area contributed by atoms with Gasteiger partial charge in [-0.25, -0.2) is 0 Å². The largest absolute Gasteiger partial charge is 0.396 e. The van der Waals surface area contributed by atoms with E-state index in [1.807, 2.05) is 49.4 Å². The van der Waals surface area contributed by atoms with Crippen LogP contribution in [0.15, 0.2) is 16.7 Å². The monoisotopic (exact) mass is 345 g/mol. The number of aryl methyl sites for hydroxylation is 2. The average molecular weight is 345 g/mol. The van der Waals surface area contributed by atoms with Crippen LogP contribution in [0, 0.1) is 26.7 Å². The van der Waals surface area contributed by atoms with E-state index in [-0.39, 0.29) is 18.6 Å². The third-order valence-electron chi connectivity index (χ3n) is 5.45. The highest BCUT2D eigenvalue weighted by Crippen LogP contribution is 2.29. The number of amides is 1. The van der Waals surface area contributed by atoms with Gasteiger partial charge in [0.2, 0.25) is 0 Å². The maximum Gasteiger partial charge on any atom is 0.255 e. The molecule has 0 aromatic carbocycles. The summed E-state index contributed by atoms with van der Waals surface area (Å²) in [5, 5.41) is 13.4. The predicted molar refractivity (Wildman–Crippen MR) is 95.0 cm³/mol. The number of carbonyl (C=O) groups is 1. The zero-order valence-corrected chi connectivity index (χ0v) is 15.5. The van der Waals surface area contributed by atoms with Crippen LogP contribution in [0.4, 0.5) is 0 Å². The Hall–Kier alpha value is -2.08. The van der Waals surface area contributed by atoms with Gasteiger partial charge in [-0.15, -0.1) is 0 Å². The molecule has 2 aromatic rings. The number of aliphatic hydroxyl groups is 1. The predicted octanol–water partition coefficient (Wildman–Crippen LogP) is 3.01. The molecule has 1 fully saturated rings. The molecule has 0 atom stereocenters. The van der Waals surface area contributed by atoms with Crippen molar-refractivity contribution < 1.29 is 14.4 Å². The van der Waals surface area contributed by atoms with Crippen LogP contribution in [0.1, 0.15) is 53.2 Å². The first-order chi connectivity index (χ1) is 11.9. The van der Waals surface area contributed by atoms with Crippen LogP contribution in [0.25, 0.3) is 5.82 Å². The van der Waals surface area contributed by atoms with Crippen molar-refractivity contribution in [2.75, 3.05) is 13.7 Å². The number of hydrogen-bond acceptors (Lipinski definition) is 4. The lowest BCUT2D eigenvalue weighted by molar-refractivity contribution is 0.0652. The summed E-state index contributed by atoms with van der Waals surface area (Å²) in [5.41, 5.74) is 2.56. The zero-order valence-electron chi connectivity index (χ0n) is 15.5. The lowest BCUT2D eigenvalue weighted by Crippen LogP contribution is -2.40. The second-order valence-electron chi connectivity index (χ2n) is 7.19. The number of aliphatic hydroxyl groups excluding tert-OH is 1. The summed E-state index contributed by atoms with van der Waals surface area (Å²) in [6.45, 7) is 6.02. The first-order valence-electron chi connectivity index (χ1n) is 8.93. The summed E-state index contributed by atoms with van der Waals surface area (Å²) in [6.07, 6.45) is 3.87.